The number of hydrogen-bond acceptors (Lipinski definition) is 1. The van der Waals surface area contributed by atoms with Crippen molar-refractivity contribution in [3.8, 4) is 0 Å². The van der Waals surface area contributed by atoms with Crippen LogP contribution in [0.4, 0.5) is 0 Å². The van der Waals surface area contributed by atoms with Crippen LogP contribution in [-0.4, -0.2) is 9.17 Å². The molecule has 0 spiro atoms. The third kappa shape index (κ3) is 16.9. The standard InChI is InChI=1S/C18H34ClIO/c1-2-3-4-5-6-7-8-9-10-11-12-13-14-15-16-17(20)18(19)21/h17H,2-16H2,1H3. The van der Waals surface area contributed by atoms with Crippen LogP contribution in [0.3, 0.4) is 0 Å². The second-order valence-corrected chi connectivity index (χ2v) is 8.03. The summed E-state index contributed by atoms with van der Waals surface area (Å²) in [7, 11) is 0. The lowest BCUT2D eigenvalue weighted by Crippen LogP contribution is -2.05. The molecular weight excluding hydrogens is 395 g/mol. The molecule has 126 valence electrons. The lowest BCUT2D eigenvalue weighted by atomic mass is 10.0. The molecule has 3 heteroatoms. The molecule has 0 N–H and O–H groups in total. The Balaban J connectivity index is 3.04. The van der Waals surface area contributed by atoms with Gasteiger partial charge in [-0.15, -0.1) is 0 Å². The highest BCUT2D eigenvalue weighted by Gasteiger charge is 2.10. The molecule has 0 saturated carbocycles. The second-order valence-electron chi connectivity index (χ2n) is 6.16. The molecule has 0 heterocycles. The van der Waals surface area contributed by atoms with E-state index in [1.54, 1.807) is 0 Å². The Kier molecular flexibility index (Phi) is 17.6. The predicted molar refractivity (Wildman–Crippen MR) is 104 cm³/mol. The molecule has 1 nitrogen and oxygen atoms in total. The van der Waals surface area contributed by atoms with Crippen LogP contribution in [0.25, 0.3) is 0 Å². The van der Waals surface area contributed by atoms with Crippen LogP contribution in [0.1, 0.15) is 103 Å². The summed E-state index contributed by atoms with van der Waals surface area (Å²) in [5.74, 6) is 0. The van der Waals surface area contributed by atoms with Crippen LogP contribution < -0.4 is 0 Å². The number of unbranched alkanes of at least 4 members (excludes halogenated alkanes) is 13. The van der Waals surface area contributed by atoms with E-state index in [4.69, 9.17) is 11.6 Å². The van der Waals surface area contributed by atoms with Crippen LogP contribution in [0.5, 0.6) is 0 Å². The molecule has 0 fully saturated rings. The molecule has 0 aliphatic heterocycles. The molecule has 0 bridgehead atoms. The smallest absolute Gasteiger partial charge is 0.234 e. The third-order valence-electron chi connectivity index (χ3n) is 4.06. The maximum absolute atomic E-state index is 10.9. The number of alkyl halides is 1. The van der Waals surface area contributed by atoms with Crippen molar-refractivity contribution in [1.82, 2.24) is 0 Å². The monoisotopic (exact) mass is 428 g/mol. The number of halogens is 2. The highest BCUT2D eigenvalue weighted by molar-refractivity contribution is 14.1. The van der Waals surface area contributed by atoms with Crippen LogP contribution >= 0.6 is 34.2 Å². The fourth-order valence-corrected chi connectivity index (χ4v) is 3.18. The Morgan fingerprint density at radius 3 is 1.43 bits per heavy atom. The molecule has 1 unspecified atom stereocenters. The Bertz CT molecular complexity index is 233. The van der Waals surface area contributed by atoms with Crippen molar-refractivity contribution >= 4 is 39.4 Å². The minimum Gasteiger partial charge on any atom is -0.280 e. The zero-order chi connectivity index (χ0) is 15.8. The van der Waals surface area contributed by atoms with Gasteiger partial charge in [0, 0.05) is 0 Å². The third-order valence-corrected chi connectivity index (χ3v) is 5.88. The number of rotatable bonds is 16. The normalized spacial score (nSPS) is 12.5. The summed E-state index contributed by atoms with van der Waals surface area (Å²) in [5, 5.41) is -0.190. The van der Waals surface area contributed by atoms with Crippen LogP contribution in [-0.2, 0) is 4.79 Å². The quantitative estimate of drug-likeness (QED) is 0.108. The van der Waals surface area contributed by atoms with Gasteiger partial charge in [-0.05, 0) is 18.0 Å². The van der Waals surface area contributed by atoms with E-state index in [0.717, 1.165) is 12.8 Å². The van der Waals surface area contributed by atoms with E-state index in [0.29, 0.717) is 0 Å². The molecule has 0 aromatic rings. The lowest BCUT2D eigenvalue weighted by molar-refractivity contribution is -0.111. The van der Waals surface area contributed by atoms with Gasteiger partial charge >= 0.3 is 0 Å². The van der Waals surface area contributed by atoms with Crippen molar-refractivity contribution in [2.45, 2.75) is 107 Å². The van der Waals surface area contributed by atoms with E-state index in [1.165, 1.54) is 83.5 Å². The number of carbonyl (C=O) groups excluding carboxylic acids is 1. The first kappa shape index (κ1) is 21.7. The van der Waals surface area contributed by atoms with Gasteiger partial charge in [0.1, 0.15) is 0 Å². The highest BCUT2D eigenvalue weighted by atomic mass is 127. The van der Waals surface area contributed by atoms with Crippen LogP contribution in [0, 0.1) is 0 Å². The number of carbonyl (C=O) groups is 1. The summed E-state index contributed by atoms with van der Waals surface area (Å²) >= 11 is 7.59. The summed E-state index contributed by atoms with van der Waals surface area (Å²) < 4.78 is 0.0154. The fraction of sp³-hybridized carbons (Fsp3) is 0.944. The molecule has 0 aromatic carbocycles. The Morgan fingerprint density at radius 1 is 0.762 bits per heavy atom. The van der Waals surface area contributed by atoms with Crippen molar-refractivity contribution in [2.24, 2.45) is 0 Å². The van der Waals surface area contributed by atoms with Crippen molar-refractivity contribution in [1.29, 1.82) is 0 Å². The molecule has 0 radical (unpaired) electrons. The molecule has 0 aliphatic rings. The Hall–Kier alpha value is 0.690. The average molecular weight is 429 g/mol. The van der Waals surface area contributed by atoms with E-state index in [9.17, 15) is 4.79 Å². The maximum Gasteiger partial charge on any atom is 0.234 e. The fourth-order valence-electron chi connectivity index (χ4n) is 2.63. The van der Waals surface area contributed by atoms with E-state index in [2.05, 4.69) is 29.5 Å². The van der Waals surface area contributed by atoms with Gasteiger partial charge in [0.2, 0.25) is 5.24 Å². The summed E-state index contributed by atoms with van der Waals surface area (Å²) in [6.45, 7) is 2.28. The number of hydrogen-bond donors (Lipinski definition) is 0. The first-order valence-electron chi connectivity index (χ1n) is 9.02. The maximum atomic E-state index is 10.9. The lowest BCUT2D eigenvalue weighted by Gasteiger charge is -2.05. The molecule has 0 saturated heterocycles. The summed E-state index contributed by atoms with van der Waals surface area (Å²) in [4.78, 5) is 10.9. The molecular formula is C18H34ClIO. The minimum absolute atomic E-state index is 0.0154. The zero-order valence-corrected chi connectivity index (χ0v) is 16.8. The molecule has 0 rings (SSSR count). The van der Waals surface area contributed by atoms with Gasteiger partial charge in [-0.25, -0.2) is 0 Å². The molecule has 21 heavy (non-hydrogen) atoms. The van der Waals surface area contributed by atoms with Gasteiger partial charge in [-0.1, -0.05) is 119 Å². The minimum atomic E-state index is -0.190. The van der Waals surface area contributed by atoms with Gasteiger partial charge in [0.25, 0.3) is 0 Å². The van der Waals surface area contributed by atoms with Crippen molar-refractivity contribution in [3.63, 3.8) is 0 Å². The van der Waals surface area contributed by atoms with Gasteiger partial charge in [0.05, 0.1) is 3.92 Å². The van der Waals surface area contributed by atoms with Gasteiger partial charge in [-0.3, -0.25) is 4.79 Å². The van der Waals surface area contributed by atoms with Crippen LogP contribution in [0.15, 0.2) is 0 Å². The topological polar surface area (TPSA) is 17.1 Å². The first-order chi connectivity index (χ1) is 10.2. The van der Waals surface area contributed by atoms with E-state index < -0.39 is 0 Å². The summed E-state index contributed by atoms with van der Waals surface area (Å²) in [6.07, 6.45) is 20.2. The predicted octanol–water partition coefficient (Wildman–Crippen LogP) is 7.43. The van der Waals surface area contributed by atoms with Gasteiger partial charge in [0.15, 0.2) is 0 Å². The largest absolute Gasteiger partial charge is 0.280 e. The van der Waals surface area contributed by atoms with E-state index in [1.807, 2.05) is 0 Å². The van der Waals surface area contributed by atoms with Crippen molar-refractivity contribution < 1.29 is 4.79 Å². The zero-order valence-electron chi connectivity index (χ0n) is 13.8. The van der Waals surface area contributed by atoms with Crippen LogP contribution in [0.2, 0.25) is 0 Å². The van der Waals surface area contributed by atoms with Gasteiger partial charge < -0.3 is 0 Å². The van der Waals surface area contributed by atoms with E-state index >= 15 is 0 Å². The summed E-state index contributed by atoms with van der Waals surface area (Å²) in [6, 6.07) is 0. The van der Waals surface area contributed by atoms with E-state index in [-0.39, 0.29) is 9.17 Å². The first-order valence-corrected chi connectivity index (χ1v) is 10.6. The van der Waals surface area contributed by atoms with Crippen molar-refractivity contribution in [2.75, 3.05) is 0 Å². The molecule has 1 atom stereocenters. The van der Waals surface area contributed by atoms with Crippen molar-refractivity contribution in [3.05, 3.63) is 0 Å². The molecule has 0 aromatic heterocycles. The second kappa shape index (κ2) is 17.1. The Labute approximate surface area is 151 Å². The summed E-state index contributed by atoms with van der Waals surface area (Å²) in [5.41, 5.74) is 0. The molecule has 0 amide bonds. The average Bonchev–Trinajstić information content (AvgIpc) is 2.47. The Morgan fingerprint density at radius 2 is 1.10 bits per heavy atom. The SMILES string of the molecule is CCCCCCCCCCCCCCCCC(I)C(=O)Cl. The highest BCUT2D eigenvalue weighted by Crippen LogP contribution is 2.16. The van der Waals surface area contributed by atoms with Gasteiger partial charge in [-0.2, -0.15) is 0 Å². The molecule has 0 aliphatic carbocycles.